The number of rotatable bonds is 8. The molecular weight excluding hydrogens is 390 g/mol. The van der Waals surface area contributed by atoms with E-state index in [1.54, 1.807) is 0 Å². The Morgan fingerprint density at radius 1 is 1.07 bits per heavy atom. The SMILES string of the molecule is COC(=O)C1=C[C@@H](OC(C)=O)[C@@H](NC(C)=O)[C@H](C[C@@H](COC(C)=O)OC(C)=O)O1. The van der Waals surface area contributed by atoms with Gasteiger partial charge >= 0.3 is 23.9 Å². The lowest BCUT2D eigenvalue weighted by Gasteiger charge is -2.37. The summed E-state index contributed by atoms with van der Waals surface area (Å²) in [6, 6.07) is -0.903. The Kier molecular flexibility index (Phi) is 9.10. The van der Waals surface area contributed by atoms with E-state index in [9.17, 15) is 24.0 Å². The highest BCUT2D eigenvalue weighted by Gasteiger charge is 2.41. The van der Waals surface area contributed by atoms with Gasteiger partial charge in [0.05, 0.1) is 7.11 Å². The number of amides is 1. The maximum Gasteiger partial charge on any atom is 0.373 e. The normalized spacial score (nSPS) is 21.6. The second-order valence-electron chi connectivity index (χ2n) is 6.25. The van der Waals surface area contributed by atoms with Crippen LogP contribution in [0.25, 0.3) is 0 Å². The highest BCUT2D eigenvalue weighted by atomic mass is 16.6. The van der Waals surface area contributed by atoms with Crippen LogP contribution in [0.2, 0.25) is 0 Å². The molecule has 0 spiro atoms. The standard InChI is InChI=1S/C18H25NO10/c1-9(20)19-17-14(6-13(27-11(3)22)8-26-10(2)21)29-16(18(24)25-5)7-15(17)28-12(4)23/h7,13-15,17H,6,8H2,1-5H3,(H,19,20)/t13-,14-,15+,17-/m0/s1. The summed E-state index contributed by atoms with van der Waals surface area (Å²) in [7, 11) is 1.14. The molecule has 11 heteroatoms. The van der Waals surface area contributed by atoms with Crippen molar-refractivity contribution in [1.29, 1.82) is 0 Å². The van der Waals surface area contributed by atoms with Gasteiger partial charge in [-0.15, -0.1) is 0 Å². The van der Waals surface area contributed by atoms with Crippen LogP contribution in [0.1, 0.15) is 34.1 Å². The van der Waals surface area contributed by atoms with Crippen molar-refractivity contribution in [2.75, 3.05) is 13.7 Å². The number of methoxy groups -OCH3 is 1. The molecule has 29 heavy (non-hydrogen) atoms. The zero-order valence-corrected chi connectivity index (χ0v) is 16.9. The number of hydrogen-bond donors (Lipinski definition) is 1. The second kappa shape index (κ2) is 11.0. The van der Waals surface area contributed by atoms with E-state index in [1.807, 2.05) is 0 Å². The molecule has 4 atom stereocenters. The third kappa shape index (κ3) is 8.20. The van der Waals surface area contributed by atoms with Crippen LogP contribution in [0.4, 0.5) is 0 Å². The van der Waals surface area contributed by atoms with Gasteiger partial charge in [0.15, 0.2) is 0 Å². The van der Waals surface area contributed by atoms with Gasteiger partial charge < -0.3 is 29.0 Å². The van der Waals surface area contributed by atoms with Crippen LogP contribution in [0, 0.1) is 0 Å². The minimum Gasteiger partial charge on any atom is -0.481 e. The molecule has 1 aliphatic rings. The number of esters is 4. The van der Waals surface area contributed by atoms with E-state index >= 15 is 0 Å². The molecule has 0 saturated carbocycles. The van der Waals surface area contributed by atoms with Crippen molar-refractivity contribution in [1.82, 2.24) is 5.32 Å². The van der Waals surface area contributed by atoms with Gasteiger partial charge in [0.2, 0.25) is 11.7 Å². The molecular formula is C18H25NO10. The summed E-state index contributed by atoms with van der Waals surface area (Å²) >= 11 is 0. The molecule has 0 aliphatic carbocycles. The number of hydrogen-bond acceptors (Lipinski definition) is 10. The van der Waals surface area contributed by atoms with Crippen LogP contribution >= 0.6 is 0 Å². The van der Waals surface area contributed by atoms with Crippen LogP contribution in [0.3, 0.4) is 0 Å². The number of nitrogens with one attached hydrogen (secondary N) is 1. The van der Waals surface area contributed by atoms with E-state index in [1.165, 1.54) is 33.8 Å². The van der Waals surface area contributed by atoms with Gasteiger partial charge in [-0.1, -0.05) is 0 Å². The molecule has 0 fully saturated rings. The molecule has 1 heterocycles. The fourth-order valence-electron chi connectivity index (χ4n) is 2.71. The summed E-state index contributed by atoms with van der Waals surface area (Å²) in [5.41, 5.74) is 0. The Morgan fingerprint density at radius 3 is 2.21 bits per heavy atom. The van der Waals surface area contributed by atoms with Crippen LogP contribution in [0.15, 0.2) is 11.8 Å². The van der Waals surface area contributed by atoms with E-state index in [2.05, 4.69) is 10.1 Å². The van der Waals surface area contributed by atoms with Crippen molar-refractivity contribution in [3.8, 4) is 0 Å². The van der Waals surface area contributed by atoms with E-state index in [4.69, 9.17) is 18.9 Å². The molecule has 11 nitrogen and oxygen atoms in total. The molecule has 0 aromatic heterocycles. The van der Waals surface area contributed by atoms with E-state index < -0.39 is 54.1 Å². The van der Waals surface area contributed by atoms with Gasteiger partial charge in [-0.2, -0.15) is 0 Å². The van der Waals surface area contributed by atoms with Gasteiger partial charge in [-0.05, 0) is 0 Å². The predicted molar refractivity (Wildman–Crippen MR) is 94.9 cm³/mol. The first kappa shape index (κ1) is 23.9. The molecule has 0 saturated heterocycles. The maximum absolute atomic E-state index is 12.0. The summed E-state index contributed by atoms with van der Waals surface area (Å²) < 4.78 is 25.5. The molecule has 0 bridgehead atoms. The largest absolute Gasteiger partial charge is 0.481 e. The maximum atomic E-state index is 12.0. The molecule has 162 valence electrons. The Bertz CT molecular complexity index is 686. The van der Waals surface area contributed by atoms with Crippen molar-refractivity contribution in [3.05, 3.63) is 11.8 Å². The fourth-order valence-corrected chi connectivity index (χ4v) is 2.71. The van der Waals surface area contributed by atoms with Gasteiger partial charge in [0.25, 0.3) is 0 Å². The Balaban J connectivity index is 3.20. The van der Waals surface area contributed by atoms with Crippen LogP contribution in [-0.2, 0) is 47.7 Å². The van der Waals surface area contributed by atoms with E-state index in [0.717, 1.165) is 7.11 Å². The van der Waals surface area contributed by atoms with Crippen LogP contribution in [0.5, 0.6) is 0 Å². The molecule has 1 rings (SSSR count). The fraction of sp³-hybridized carbons (Fsp3) is 0.611. The van der Waals surface area contributed by atoms with Gasteiger partial charge in [0.1, 0.15) is 31.0 Å². The molecule has 0 unspecified atom stereocenters. The quantitative estimate of drug-likeness (QED) is 0.417. The van der Waals surface area contributed by atoms with Gasteiger partial charge in [-0.3, -0.25) is 19.2 Å². The predicted octanol–water partition coefficient (Wildman–Crippen LogP) is -0.237. The number of ether oxygens (including phenoxy) is 5. The first-order chi connectivity index (χ1) is 13.5. The first-order valence-electron chi connectivity index (χ1n) is 8.75. The van der Waals surface area contributed by atoms with Crippen LogP contribution in [-0.4, -0.2) is 67.9 Å². The highest BCUT2D eigenvalue weighted by molar-refractivity contribution is 5.86. The lowest BCUT2D eigenvalue weighted by atomic mass is 9.95. The average molecular weight is 415 g/mol. The Morgan fingerprint density at radius 2 is 1.72 bits per heavy atom. The van der Waals surface area contributed by atoms with E-state index in [0.29, 0.717) is 0 Å². The summed E-state index contributed by atoms with van der Waals surface area (Å²) in [5.74, 6) is -3.37. The summed E-state index contributed by atoms with van der Waals surface area (Å²) in [6.45, 7) is 4.52. The van der Waals surface area contributed by atoms with Crippen LogP contribution < -0.4 is 5.32 Å². The second-order valence-corrected chi connectivity index (χ2v) is 6.25. The lowest BCUT2D eigenvalue weighted by molar-refractivity contribution is -0.162. The van der Waals surface area contributed by atoms with Crippen molar-refractivity contribution in [3.63, 3.8) is 0 Å². The first-order valence-corrected chi connectivity index (χ1v) is 8.75. The zero-order chi connectivity index (χ0) is 22.1. The Labute approximate surface area is 167 Å². The molecule has 0 radical (unpaired) electrons. The highest BCUT2D eigenvalue weighted by Crippen LogP contribution is 2.26. The zero-order valence-electron chi connectivity index (χ0n) is 16.9. The smallest absolute Gasteiger partial charge is 0.373 e. The third-order valence-electron chi connectivity index (χ3n) is 3.71. The number of carbonyl (C=O) groups is 5. The van der Waals surface area contributed by atoms with Gasteiger partial charge in [-0.25, -0.2) is 4.79 Å². The average Bonchev–Trinajstić information content (AvgIpc) is 2.60. The molecule has 0 aromatic carbocycles. The van der Waals surface area contributed by atoms with Crippen molar-refractivity contribution in [2.45, 2.75) is 58.5 Å². The Hall–Kier alpha value is -3.11. The van der Waals surface area contributed by atoms with Crippen molar-refractivity contribution < 1.29 is 47.7 Å². The monoisotopic (exact) mass is 415 g/mol. The minimum atomic E-state index is -1.05. The summed E-state index contributed by atoms with van der Waals surface area (Å²) in [4.78, 5) is 57.6. The summed E-state index contributed by atoms with van der Waals surface area (Å²) in [6.07, 6.45) is -1.81. The van der Waals surface area contributed by atoms with E-state index in [-0.39, 0.29) is 18.8 Å². The molecule has 1 amide bonds. The van der Waals surface area contributed by atoms with Crippen molar-refractivity contribution >= 4 is 29.8 Å². The summed E-state index contributed by atoms with van der Waals surface area (Å²) in [5, 5.41) is 2.60. The number of carbonyl (C=O) groups excluding carboxylic acids is 5. The molecule has 0 aromatic rings. The molecule has 1 aliphatic heterocycles. The minimum absolute atomic E-state index is 0.0795. The molecule has 1 N–H and O–H groups in total. The van der Waals surface area contributed by atoms with Crippen molar-refractivity contribution in [2.24, 2.45) is 0 Å². The van der Waals surface area contributed by atoms with Gasteiger partial charge in [0, 0.05) is 40.2 Å². The third-order valence-corrected chi connectivity index (χ3v) is 3.71. The topological polar surface area (TPSA) is 144 Å². The lowest BCUT2D eigenvalue weighted by Crippen LogP contribution is -2.55.